The van der Waals surface area contributed by atoms with E-state index in [2.05, 4.69) is 51.6 Å². The van der Waals surface area contributed by atoms with Crippen molar-refractivity contribution in [2.45, 2.75) is 19.6 Å². The second-order valence-corrected chi connectivity index (χ2v) is 7.15. The standard InChI is InChI=1S/C23H24BrNO2.ClH/c1-26-22-15-20(16-25-13-12-18-8-4-2-5-9-18)14-21(24)23(22)27-17-19-10-6-3-7-11-19;/h2-11,14-15,25H,12-13,16-17H2,1H3;1H. The van der Waals surface area contributed by atoms with Crippen molar-refractivity contribution >= 4 is 28.3 Å². The molecule has 3 nitrogen and oxygen atoms in total. The van der Waals surface area contributed by atoms with Gasteiger partial charge in [0.05, 0.1) is 11.6 Å². The van der Waals surface area contributed by atoms with Crippen molar-refractivity contribution in [1.29, 1.82) is 0 Å². The SMILES string of the molecule is COc1cc(CNCCc2ccccc2)cc(Br)c1OCc1ccccc1.Cl. The molecular formula is C23H25BrClNO2. The first kappa shape index (κ1) is 22.3. The lowest BCUT2D eigenvalue weighted by Gasteiger charge is -2.15. The Morgan fingerprint density at radius 3 is 2.14 bits per heavy atom. The Hall–Kier alpha value is -2.01. The van der Waals surface area contributed by atoms with Gasteiger partial charge in [0.25, 0.3) is 0 Å². The zero-order valence-corrected chi connectivity index (χ0v) is 18.3. The minimum atomic E-state index is 0. The van der Waals surface area contributed by atoms with Gasteiger partial charge in [0.1, 0.15) is 6.61 Å². The summed E-state index contributed by atoms with van der Waals surface area (Å²) in [5.41, 5.74) is 3.62. The Bertz CT molecular complexity index is 844. The van der Waals surface area contributed by atoms with Crippen LogP contribution in [0.1, 0.15) is 16.7 Å². The lowest BCUT2D eigenvalue weighted by Crippen LogP contribution is -2.16. The number of nitrogens with one attached hydrogen (secondary N) is 1. The summed E-state index contributed by atoms with van der Waals surface area (Å²) < 4.78 is 12.4. The Morgan fingerprint density at radius 2 is 1.50 bits per heavy atom. The van der Waals surface area contributed by atoms with E-state index in [9.17, 15) is 0 Å². The van der Waals surface area contributed by atoms with E-state index in [0.717, 1.165) is 46.6 Å². The number of benzene rings is 3. The summed E-state index contributed by atoms with van der Waals surface area (Å²) in [7, 11) is 1.67. The number of ether oxygens (including phenoxy) is 2. The molecule has 0 saturated carbocycles. The van der Waals surface area contributed by atoms with E-state index in [1.807, 2.05) is 42.5 Å². The number of rotatable bonds is 9. The molecule has 0 unspecified atom stereocenters. The summed E-state index contributed by atoms with van der Waals surface area (Å²) in [6.07, 6.45) is 1.01. The van der Waals surface area contributed by atoms with Gasteiger partial charge in [-0.1, -0.05) is 60.7 Å². The van der Waals surface area contributed by atoms with Crippen molar-refractivity contribution in [1.82, 2.24) is 5.32 Å². The summed E-state index contributed by atoms with van der Waals surface area (Å²) in [5, 5.41) is 3.49. The second-order valence-electron chi connectivity index (χ2n) is 6.30. The zero-order chi connectivity index (χ0) is 18.9. The molecule has 0 fully saturated rings. The van der Waals surface area contributed by atoms with Crippen LogP contribution >= 0.6 is 28.3 Å². The third kappa shape index (κ3) is 6.55. The average molecular weight is 463 g/mol. The molecule has 5 heteroatoms. The van der Waals surface area contributed by atoms with E-state index in [4.69, 9.17) is 9.47 Å². The summed E-state index contributed by atoms with van der Waals surface area (Å²) in [6, 6.07) is 24.7. The lowest BCUT2D eigenvalue weighted by atomic mass is 10.1. The van der Waals surface area contributed by atoms with Gasteiger partial charge in [0.15, 0.2) is 11.5 Å². The Balaban J connectivity index is 0.00000280. The van der Waals surface area contributed by atoms with E-state index >= 15 is 0 Å². The highest BCUT2D eigenvalue weighted by Gasteiger charge is 2.12. The van der Waals surface area contributed by atoms with Gasteiger partial charge in [-0.3, -0.25) is 0 Å². The highest BCUT2D eigenvalue weighted by Crippen LogP contribution is 2.37. The van der Waals surface area contributed by atoms with Crippen LogP contribution in [0.5, 0.6) is 11.5 Å². The van der Waals surface area contributed by atoms with Crippen LogP contribution in [0, 0.1) is 0 Å². The first-order chi connectivity index (χ1) is 13.3. The molecule has 28 heavy (non-hydrogen) atoms. The fourth-order valence-electron chi connectivity index (χ4n) is 2.86. The van der Waals surface area contributed by atoms with Crippen LogP contribution in [0.3, 0.4) is 0 Å². The molecule has 0 aliphatic carbocycles. The molecule has 0 aliphatic heterocycles. The maximum absolute atomic E-state index is 5.99. The van der Waals surface area contributed by atoms with Crippen LogP contribution in [0.25, 0.3) is 0 Å². The molecule has 3 aromatic carbocycles. The van der Waals surface area contributed by atoms with Crippen LogP contribution in [0.4, 0.5) is 0 Å². The van der Waals surface area contributed by atoms with Crippen molar-refractivity contribution in [3.8, 4) is 11.5 Å². The number of hydrogen-bond donors (Lipinski definition) is 1. The largest absolute Gasteiger partial charge is 0.493 e. The highest BCUT2D eigenvalue weighted by molar-refractivity contribution is 9.10. The average Bonchev–Trinajstić information content (AvgIpc) is 2.71. The molecule has 0 atom stereocenters. The van der Waals surface area contributed by atoms with Crippen molar-refractivity contribution in [2.75, 3.05) is 13.7 Å². The van der Waals surface area contributed by atoms with Crippen LogP contribution < -0.4 is 14.8 Å². The van der Waals surface area contributed by atoms with E-state index in [0.29, 0.717) is 6.61 Å². The predicted molar refractivity (Wildman–Crippen MR) is 121 cm³/mol. The minimum absolute atomic E-state index is 0. The van der Waals surface area contributed by atoms with Gasteiger partial charge in [-0.2, -0.15) is 0 Å². The van der Waals surface area contributed by atoms with Gasteiger partial charge < -0.3 is 14.8 Å². The maximum atomic E-state index is 5.99. The molecule has 0 aliphatic rings. The van der Waals surface area contributed by atoms with Gasteiger partial charge in [0, 0.05) is 6.54 Å². The third-order valence-corrected chi connectivity index (χ3v) is 4.87. The predicted octanol–water partition coefficient (Wildman–Crippen LogP) is 5.79. The van der Waals surface area contributed by atoms with E-state index in [1.54, 1.807) is 7.11 Å². The monoisotopic (exact) mass is 461 g/mol. The van der Waals surface area contributed by atoms with E-state index < -0.39 is 0 Å². The van der Waals surface area contributed by atoms with Crippen molar-refractivity contribution in [3.63, 3.8) is 0 Å². The maximum Gasteiger partial charge on any atom is 0.175 e. The van der Waals surface area contributed by atoms with Crippen molar-refractivity contribution in [3.05, 3.63) is 94.0 Å². The van der Waals surface area contributed by atoms with Crippen molar-refractivity contribution in [2.24, 2.45) is 0 Å². The van der Waals surface area contributed by atoms with E-state index in [-0.39, 0.29) is 12.4 Å². The van der Waals surface area contributed by atoms with Crippen LogP contribution in [0.15, 0.2) is 77.3 Å². The molecule has 0 radical (unpaired) electrons. The molecule has 0 heterocycles. The summed E-state index contributed by atoms with van der Waals surface area (Å²) in [6.45, 7) is 2.21. The molecule has 3 aromatic rings. The fourth-order valence-corrected chi connectivity index (χ4v) is 3.46. The second kappa shape index (κ2) is 11.7. The molecule has 148 valence electrons. The van der Waals surface area contributed by atoms with Gasteiger partial charge in [-0.05, 0) is 57.7 Å². The van der Waals surface area contributed by atoms with E-state index in [1.165, 1.54) is 5.56 Å². The molecule has 1 N–H and O–H groups in total. The quantitative estimate of drug-likeness (QED) is 0.408. The Morgan fingerprint density at radius 1 is 0.857 bits per heavy atom. The smallest absolute Gasteiger partial charge is 0.175 e. The highest BCUT2D eigenvalue weighted by atomic mass is 79.9. The molecule has 0 spiro atoms. The first-order valence-electron chi connectivity index (χ1n) is 9.04. The van der Waals surface area contributed by atoms with Gasteiger partial charge in [-0.15, -0.1) is 12.4 Å². The molecule has 3 rings (SSSR count). The number of methoxy groups -OCH3 is 1. The molecule has 0 amide bonds. The van der Waals surface area contributed by atoms with Crippen LogP contribution in [0.2, 0.25) is 0 Å². The van der Waals surface area contributed by atoms with Crippen LogP contribution in [-0.2, 0) is 19.6 Å². The lowest BCUT2D eigenvalue weighted by molar-refractivity contribution is 0.282. The molecule has 0 aromatic heterocycles. The fraction of sp³-hybridized carbons (Fsp3) is 0.217. The van der Waals surface area contributed by atoms with Gasteiger partial charge in [0.2, 0.25) is 0 Å². The normalized spacial score (nSPS) is 10.2. The van der Waals surface area contributed by atoms with Crippen molar-refractivity contribution < 1.29 is 9.47 Å². The Labute approximate surface area is 181 Å². The number of hydrogen-bond acceptors (Lipinski definition) is 3. The molecular weight excluding hydrogens is 438 g/mol. The van der Waals surface area contributed by atoms with Gasteiger partial charge >= 0.3 is 0 Å². The first-order valence-corrected chi connectivity index (χ1v) is 9.83. The minimum Gasteiger partial charge on any atom is -0.493 e. The molecule has 0 saturated heterocycles. The number of halogens is 2. The zero-order valence-electron chi connectivity index (χ0n) is 15.9. The summed E-state index contributed by atoms with van der Waals surface area (Å²) in [4.78, 5) is 0. The topological polar surface area (TPSA) is 30.5 Å². The Kier molecular flexibility index (Phi) is 9.35. The summed E-state index contributed by atoms with van der Waals surface area (Å²) in [5.74, 6) is 1.47. The summed E-state index contributed by atoms with van der Waals surface area (Å²) >= 11 is 3.63. The molecule has 0 bridgehead atoms. The third-order valence-electron chi connectivity index (χ3n) is 4.28. The van der Waals surface area contributed by atoms with Gasteiger partial charge in [-0.25, -0.2) is 0 Å². The van der Waals surface area contributed by atoms with Crippen LogP contribution in [-0.4, -0.2) is 13.7 Å².